The fraction of sp³-hybridized carbons (Fsp3) is 0.333. The molecule has 3 amide bonds. The van der Waals surface area contributed by atoms with E-state index < -0.39 is 17.7 Å². The first kappa shape index (κ1) is 18.9. The number of hydrogen-bond acceptors (Lipinski definition) is 5. The molecule has 8 heteroatoms. The number of carbonyl (C=O) groups is 3. The highest BCUT2D eigenvalue weighted by atomic mass is 16.5. The van der Waals surface area contributed by atoms with Gasteiger partial charge in [-0.25, -0.2) is 0 Å². The zero-order valence-electron chi connectivity index (χ0n) is 15.9. The summed E-state index contributed by atoms with van der Waals surface area (Å²) in [6, 6.07) is 7.24. The number of primary amides is 1. The van der Waals surface area contributed by atoms with Crippen LogP contribution in [0.15, 0.2) is 36.7 Å². The third-order valence-electron chi connectivity index (χ3n) is 5.34. The van der Waals surface area contributed by atoms with Gasteiger partial charge in [0.2, 0.25) is 5.91 Å². The quantitative estimate of drug-likeness (QED) is 0.771. The molecule has 2 aliphatic rings. The molecule has 1 saturated heterocycles. The molecular weight excluding hydrogens is 372 g/mol. The highest BCUT2D eigenvalue weighted by Crippen LogP contribution is 2.35. The summed E-state index contributed by atoms with van der Waals surface area (Å²) in [4.78, 5) is 42.3. The molecule has 3 N–H and O–H groups in total. The van der Waals surface area contributed by atoms with Gasteiger partial charge in [-0.05, 0) is 48.6 Å². The molecule has 1 atom stereocenters. The highest BCUT2D eigenvalue weighted by Gasteiger charge is 2.32. The maximum Gasteiger partial charge on any atom is 0.313 e. The minimum Gasteiger partial charge on any atom is -0.493 e. The highest BCUT2D eigenvalue weighted by molar-refractivity contribution is 6.39. The second-order valence-electron chi connectivity index (χ2n) is 7.26. The fourth-order valence-electron chi connectivity index (χ4n) is 3.89. The lowest BCUT2D eigenvalue weighted by Crippen LogP contribution is -2.44. The summed E-state index contributed by atoms with van der Waals surface area (Å²) in [5, 5.41) is 2.53. The van der Waals surface area contributed by atoms with Crippen molar-refractivity contribution in [2.45, 2.75) is 31.7 Å². The van der Waals surface area contributed by atoms with Gasteiger partial charge >= 0.3 is 11.8 Å². The van der Waals surface area contributed by atoms with E-state index in [0.717, 1.165) is 42.6 Å². The molecule has 1 fully saturated rings. The van der Waals surface area contributed by atoms with Crippen molar-refractivity contribution in [1.29, 1.82) is 0 Å². The summed E-state index contributed by atoms with van der Waals surface area (Å²) < 4.78 is 5.56. The molecule has 29 heavy (non-hydrogen) atoms. The number of benzene rings is 1. The van der Waals surface area contributed by atoms with E-state index in [-0.39, 0.29) is 17.3 Å². The van der Waals surface area contributed by atoms with Gasteiger partial charge in [-0.3, -0.25) is 19.4 Å². The number of amides is 3. The van der Waals surface area contributed by atoms with E-state index in [9.17, 15) is 14.4 Å². The average molecular weight is 394 g/mol. The Morgan fingerprint density at radius 3 is 2.86 bits per heavy atom. The lowest BCUT2D eigenvalue weighted by atomic mass is 9.93. The lowest BCUT2D eigenvalue weighted by molar-refractivity contribution is -0.145. The van der Waals surface area contributed by atoms with Crippen LogP contribution in [-0.2, 0) is 16.0 Å². The predicted octanol–water partition coefficient (Wildman–Crippen LogP) is 1.81. The van der Waals surface area contributed by atoms with Crippen LogP contribution in [0.4, 0.5) is 5.69 Å². The van der Waals surface area contributed by atoms with Gasteiger partial charge in [0.15, 0.2) is 0 Å². The second kappa shape index (κ2) is 7.90. The first-order valence-corrected chi connectivity index (χ1v) is 9.65. The largest absolute Gasteiger partial charge is 0.493 e. The van der Waals surface area contributed by atoms with Crippen molar-refractivity contribution in [1.82, 2.24) is 9.88 Å². The van der Waals surface area contributed by atoms with Gasteiger partial charge in [-0.1, -0.05) is 6.07 Å². The van der Waals surface area contributed by atoms with E-state index in [2.05, 4.69) is 16.4 Å². The lowest BCUT2D eigenvalue weighted by Gasteiger charge is -2.35. The van der Waals surface area contributed by atoms with Crippen molar-refractivity contribution < 1.29 is 19.1 Å². The summed E-state index contributed by atoms with van der Waals surface area (Å²) in [6.07, 6.45) is 6.17. The molecule has 0 bridgehead atoms. The number of pyridine rings is 1. The smallest absolute Gasteiger partial charge is 0.313 e. The van der Waals surface area contributed by atoms with Crippen LogP contribution in [0.2, 0.25) is 0 Å². The number of aromatic nitrogens is 1. The Labute approximate surface area is 168 Å². The maximum absolute atomic E-state index is 12.9. The summed E-state index contributed by atoms with van der Waals surface area (Å²) in [5.41, 5.74) is 7.81. The second-order valence-corrected chi connectivity index (χ2v) is 7.26. The number of nitrogens with two attached hydrogens (primary N) is 1. The third kappa shape index (κ3) is 3.91. The number of nitrogens with one attached hydrogen (secondary N) is 1. The Kier molecular flexibility index (Phi) is 5.16. The Hall–Kier alpha value is -3.42. The molecule has 1 aromatic heterocycles. The number of hydrogen-bond donors (Lipinski definition) is 2. The Balaban J connectivity index is 1.52. The average Bonchev–Trinajstić information content (AvgIpc) is 3.21. The standard InChI is InChI=1S/C21H22N4O4/c22-19(26)15-10-16(12-23-11-15)24-20(27)21(28)25-7-2-1-3-17(25)13-4-5-18-14(9-13)6-8-29-18/h4-5,9-12,17H,1-3,6-8H2,(H2,22,26)(H,24,27)/t17-/m0/s1. The normalized spacial score (nSPS) is 17.9. The first-order chi connectivity index (χ1) is 14.0. The predicted molar refractivity (Wildman–Crippen MR) is 105 cm³/mol. The zero-order chi connectivity index (χ0) is 20.4. The van der Waals surface area contributed by atoms with Crippen molar-refractivity contribution in [3.8, 4) is 5.75 Å². The van der Waals surface area contributed by atoms with Crippen LogP contribution in [0, 0.1) is 0 Å². The molecule has 4 rings (SSSR count). The third-order valence-corrected chi connectivity index (χ3v) is 5.34. The van der Waals surface area contributed by atoms with Crippen molar-refractivity contribution in [3.63, 3.8) is 0 Å². The van der Waals surface area contributed by atoms with Gasteiger partial charge in [0.25, 0.3) is 0 Å². The van der Waals surface area contributed by atoms with Crippen LogP contribution in [0.25, 0.3) is 0 Å². The zero-order valence-corrected chi connectivity index (χ0v) is 15.9. The summed E-state index contributed by atoms with van der Waals surface area (Å²) in [7, 11) is 0. The van der Waals surface area contributed by atoms with E-state index in [4.69, 9.17) is 10.5 Å². The van der Waals surface area contributed by atoms with Gasteiger partial charge in [-0.15, -0.1) is 0 Å². The van der Waals surface area contributed by atoms with Crippen molar-refractivity contribution in [2.75, 3.05) is 18.5 Å². The molecule has 0 saturated carbocycles. The minimum atomic E-state index is -0.759. The van der Waals surface area contributed by atoms with E-state index in [0.29, 0.717) is 13.2 Å². The molecule has 1 aromatic carbocycles. The maximum atomic E-state index is 12.9. The Bertz CT molecular complexity index is 975. The minimum absolute atomic E-state index is 0.150. The van der Waals surface area contributed by atoms with Crippen LogP contribution >= 0.6 is 0 Å². The number of carbonyl (C=O) groups excluding carboxylic acids is 3. The SMILES string of the molecule is NC(=O)c1cncc(NC(=O)C(=O)N2CCCC[C@H]2c2ccc3c(c2)CCO3)c1. The molecule has 0 unspecified atom stereocenters. The molecule has 2 aromatic rings. The summed E-state index contributed by atoms with van der Waals surface area (Å²) >= 11 is 0. The van der Waals surface area contributed by atoms with Gasteiger partial charge in [0, 0.05) is 19.2 Å². The van der Waals surface area contributed by atoms with Crippen molar-refractivity contribution >= 4 is 23.4 Å². The van der Waals surface area contributed by atoms with Gasteiger partial charge in [0.05, 0.1) is 30.1 Å². The van der Waals surface area contributed by atoms with Crippen LogP contribution in [0.3, 0.4) is 0 Å². The summed E-state index contributed by atoms with van der Waals surface area (Å²) in [5.74, 6) is -1.13. The molecule has 8 nitrogen and oxygen atoms in total. The number of rotatable bonds is 3. The molecular formula is C21H22N4O4. The van der Waals surface area contributed by atoms with Gasteiger partial charge in [0.1, 0.15) is 5.75 Å². The van der Waals surface area contributed by atoms with Gasteiger partial charge in [-0.2, -0.15) is 0 Å². The van der Waals surface area contributed by atoms with Crippen molar-refractivity contribution in [2.24, 2.45) is 5.73 Å². The number of fused-ring (bicyclic) bond motifs is 1. The van der Waals surface area contributed by atoms with E-state index >= 15 is 0 Å². The van der Waals surface area contributed by atoms with Gasteiger partial charge < -0.3 is 20.7 Å². The van der Waals surface area contributed by atoms with Crippen LogP contribution in [0.5, 0.6) is 5.75 Å². The number of likely N-dealkylation sites (tertiary alicyclic amines) is 1. The monoisotopic (exact) mass is 394 g/mol. The van der Waals surface area contributed by atoms with Crippen molar-refractivity contribution in [3.05, 3.63) is 53.3 Å². The molecule has 150 valence electrons. The Morgan fingerprint density at radius 1 is 1.17 bits per heavy atom. The topological polar surface area (TPSA) is 115 Å². The van der Waals surface area contributed by atoms with E-state index in [1.54, 1.807) is 4.90 Å². The van der Waals surface area contributed by atoms with E-state index in [1.807, 2.05) is 12.1 Å². The van der Waals surface area contributed by atoms with Crippen LogP contribution < -0.4 is 15.8 Å². The molecule has 0 spiro atoms. The molecule has 3 heterocycles. The first-order valence-electron chi connectivity index (χ1n) is 9.65. The van der Waals surface area contributed by atoms with Crippen LogP contribution in [0.1, 0.15) is 46.8 Å². The number of piperidine rings is 1. The fourth-order valence-corrected chi connectivity index (χ4v) is 3.89. The number of ether oxygens (including phenoxy) is 1. The van der Waals surface area contributed by atoms with E-state index in [1.165, 1.54) is 18.5 Å². The Morgan fingerprint density at radius 2 is 2.03 bits per heavy atom. The number of nitrogens with zero attached hydrogens (tertiary/aromatic N) is 2. The van der Waals surface area contributed by atoms with Crippen LogP contribution in [-0.4, -0.2) is 40.8 Å². The number of anilines is 1. The molecule has 2 aliphatic heterocycles. The molecule has 0 radical (unpaired) electrons. The molecule has 0 aliphatic carbocycles. The summed E-state index contributed by atoms with van der Waals surface area (Å²) in [6.45, 7) is 1.19.